The van der Waals surface area contributed by atoms with Crippen LogP contribution in [-0.2, 0) is 6.42 Å². The van der Waals surface area contributed by atoms with E-state index in [1.165, 1.54) is 4.88 Å². The maximum atomic E-state index is 11.7. The number of carbonyl (C=O) groups excluding carboxylic acids is 1. The molecule has 3 heteroatoms. The molecule has 0 unspecified atom stereocenters. The lowest BCUT2D eigenvalue weighted by molar-refractivity contribution is 0.0946. The summed E-state index contributed by atoms with van der Waals surface area (Å²) in [6, 6.07) is 10.3. The van der Waals surface area contributed by atoms with Crippen LogP contribution < -0.4 is 5.32 Å². The van der Waals surface area contributed by atoms with Gasteiger partial charge in [-0.25, -0.2) is 0 Å². The molecule has 0 saturated carbocycles. The minimum absolute atomic E-state index is 0.0552. The van der Waals surface area contributed by atoms with E-state index in [2.05, 4.69) is 28.9 Å². The van der Waals surface area contributed by atoms with Gasteiger partial charge >= 0.3 is 0 Å². The number of nitrogens with one attached hydrogen (secondary N) is 1. The van der Waals surface area contributed by atoms with Crippen LogP contribution in [0, 0.1) is 0 Å². The molecule has 0 bridgehead atoms. The summed E-state index contributed by atoms with van der Waals surface area (Å²) >= 11 is 1.70. The molecule has 1 aromatic heterocycles. The van der Waals surface area contributed by atoms with Crippen LogP contribution in [0.15, 0.2) is 35.7 Å². The van der Waals surface area contributed by atoms with E-state index in [0.29, 0.717) is 0 Å². The maximum absolute atomic E-state index is 11.7. The Labute approximate surface area is 97.9 Å². The van der Waals surface area contributed by atoms with Crippen molar-refractivity contribution in [2.45, 2.75) is 6.42 Å². The van der Waals surface area contributed by atoms with Gasteiger partial charge < -0.3 is 5.32 Å². The molecule has 0 fully saturated rings. The summed E-state index contributed by atoms with van der Waals surface area (Å²) in [5.41, 5.74) is 3.12. The Morgan fingerprint density at radius 2 is 2.19 bits per heavy atom. The van der Waals surface area contributed by atoms with Gasteiger partial charge in [-0.05, 0) is 35.1 Å². The van der Waals surface area contributed by atoms with E-state index in [4.69, 9.17) is 0 Å². The van der Waals surface area contributed by atoms with Crippen molar-refractivity contribution in [1.82, 2.24) is 5.32 Å². The summed E-state index contributed by atoms with van der Waals surface area (Å²) in [4.78, 5) is 12.9. The molecule has 0 radical (unpaired) electrons. The van der Waals surface area contributed by atoms with Gasteiger partial charge in [-0.2, -0.15) is 0 Å². The lowest BCUT2D eigenvalue weighted by Crippen LogP contribution is -2.31. The molecule has 0 aliphatic carbocycles. The van der Waals surface area contributed by atoms with E-state index >= 15 is 0 Å². The van der Waals surface area contributed by atoms with Crippen LogP contribution in [-0.4, -0.2) is 12.5 Å². The molecular weight excluding hydrogens is 218 g/mol. The van der Waals surface area contributed by atoms with Gasteiger partial charge in [0.05, 0.1) is 0 Å². The van der Waals surface area contributed by atoms with Crippen molar-refractivity contribution >= 4 is 17.2 Å². The minimum atomic E-state index is 0.0552. The topological polar surface area (TPSA) is 29.1 Å². The van der Waals surface area contributed by atoms with E-state index < -0.39 is 0 Å². The SMILES string of the molecule is O=C1NCCc2ccc(-c3cccs3)cc21. The molecule has 0 atom stereocenters. The molecule has 2 aromatic rings. The van der Waals surface area contributed by atoms with Crippen molar-refractivity contribution in [2.24, 2.45) is 0 Å². The molecule has 1 aromatic carbocycles. The monoisotopic (exact) mass is 229 g/mol. The molecule has 2 nitrogen and oxygen atoms in total. The molecule has 80 valence electrons. The second-order valence-electron chi connectivity index (χ2n) is 3.86. The van der Waals surface area contributed by atoms with Gasteiger partial charge in [-0.1, -0.05) is 18.2 Å². The fourth-order valence-electron chi connectivity index (χ4n) is 2.01. The molecule has 2 heterocycles. The van der Waals surface area contributed by atoms with Gasteiger partial charge in [0, 0.05) is 17.0 Å². The third-order valence-electron chi connectivity index (χ3n) is 2.84. The fraction of sp³-hybridized carbons (Fsp3) is 0.154. The Hall–Kier alpha value is -1.61. The van der Waals surface area contributed by atoms with Gasteiger partial charge in [-0.15, -0.1) is 11.3 Å². The lowest BCUT2D eigenvalue weighted by Gasteiger charge is -2.16. The first-order valence-corrected chi connectivity index (χ1v) is 6.17. The Morgan fingerprint density at radius 3 is 3.00 bits per heavy atom. The Bertz CT molecular complexity index is 531. The zero-order valence-corrected chi connectivity index (χ0v) is 9.51. The Kier molecular flexibility index (Phi) is 2.26. The first-order chi connectivity index (χ1) is 7.84. The highest BCUT2D eigenvalue weighted by Gasteiger charge is 2.16. The average molecular weight is 229 g/mol. The summed E-state index contributed by atoms with van der Waals surface area (Å²) in [5, 5.41) is 4.93. The van der Waals surface area contributed by atoms with Crippen molar-refractivity contribution in [3.8, 4) is 10.4 Å². The molecular formula is C13H11NOS. The molecule has 1 aliphatic rings. The largest absolute Gasteiger partial charge is 0.352 e. The van der Waals surface area contributed by atoms with E-state index in [-0.39, 0.29) is 5.91 Å². The van der Waals surface area contributed by atoms with Crippen LogP contribution in [0.25, 0.3) is 10.4 Å². The number of fused-ring (bicyclic) bond motifs is 1. The second-order valence-corrected chi connectivity index (χ2v) is 4.80. The summed E-state index contributed by atoms with van der Waals surface area (Å²) in [6.45, 7) is 0.754. The Balaban J connectivity index is 2.11. The number of thiophene rings is 1. The van der Waals surface area contributed by atoms with Crippen molar-refractivity contribution in [3.63, 3.8) is 0 Å². The predicted octanol–water partition coefficient (Wildman–Crippen LogP) is 2.70. The van der Waals surface area contributed by atoms with Crippen LogP contribution in [0.1, 0.15) is 15.9 Å². The van der Waals surface area contributed by atoms with Gasteiger partial charge in [0.1, 0.15) is 0 Å². The second kappa shape index (κ2) is 3.76. The van der Waals surface area contributed by atoms with Crippen LogP contribution >= 0.6 is 11.3 Å². The number of carbonyl (C=O) groups is 1. The molecule has 1 aliphatic heterocycles. The number of amides is 1. The standard InChI is InChI=1S/C13H11NOS/c15-13-11-8-10(12-2-1-7-16-12)4-3-9(11)5-6-14-13/h1-4,7-8H,5-6H2,(H,14,15). The quantitative estimate of drug-likeness (QED) is 0.800. The van der Waals surface area contributed by atoms with Crippen molar-refractivity contribution in [2.75, 3.05) is 6.54 Å². The normalized spacial score (nSPS) is 14.4. The number of benzene rings is 1. The number of rotatable bonds is 1. The highest BCUT2D eigenvalue weighted by molar-refractivity contribution is 7.13. The molecule has 3 rings (SSSR count). The molecule has 0 spiro atoms. The van der Waals surface area contributed by atoms with Crippen LogP contribution in [0.2, 0.25) is 0 Å². The van der Waals surface area contributed by atoms with Gasteiger partial charge in [0.15, 0.2) is 0 Å². The summed E-state index contributed by atoms with van der Waals surface area (Å²) in [6.07, 6.45) is 0.936. The van der Waals surface area contributed by atoms with Crippen molar-refractivity contribution < 1.29 is 4.79 Å². The van der Waals surface area contributed by atoms with E-state index in [9.17, 15) is 4.79 Å². The lowest BCUT2D eigenvalue weighted by atomic mass is 9.97. The molecule has 1 amide bonds. The summed E-state index contributed by atoms with van der Waals surface area (Å²) in [7, 11) is 0. The van der Waals surface area contributed by atoms with Gasteiger partial charge in [-0.3, -0.25) is 4.79 Å². The average Bonchev–Trinajstić information content (AvgIpc) is 2.83. The highest BCUT2D eigenvalue weighted by atomic mass is 32.1. The van der Waals surface area contributed by atoms with Crippen molar-refractivity contribution in [1.29, 1.82) is 0 Å². The first kappa shape index (κ1) is 9.60. The molecule has 1 N–H and O–H groups in total. The first-order valence-electron chi connectivity index (χ1n) is 5.29. The molecule has 0 saturated heterocycles. The number of hydrogen-bond acceptors (Lipinski definition) is 2. The smallest absolute Gasteiger partial charge is 0.251 e. The van der Waals surface area contributed by atoms with Crippen LogP contribution in [0.3, 0.4) is 0 Å². The maximum Gasteiger partial charge on any atom is 0.251 e. The Morgan fingerprint density at radius 1 is 1.25 bits per heavy atom. The van der Waals surface area contributed by atoms with Crippen LogP contribution in [0.5, 0.6) is 0 Å². The minimum Gasteiger partial charge on any atom is -0.352 e. The van der Waals surface area contributed by atoms with E-state index in [0.717, 1.165) is 29.7 Å². The van der Waals surface area contributed by atoms with E-state index in [1.807, 2.05) is 12.1 Å². The third-order valence-corrected chi connectivity index (χ3v) is 3.76. The van der Waals surface area contributed by atoms with Crippen molar-refractivity contribution in [3.05, 3.63) is 46.8 Å². The molecule has 16 heavy (non-hydrogen) atoms. The number of hydrogen-bond donors (Lipinski definition) is 1. The predicted molar refractivity (Wildman–Crippen MR) is 65.8 cm³/mol. The fourth-order valence-corrected chi connectivity index (χ4v) is 2.73. The zero-order chi connectivity index (χ0) is 11.0. The van der Waals surface area contributed by atoms with Gasteiger partial charge in [0.2, 0.25) is 0 Å². The highest BCUT2D eigenvalue weighted by Crippen LogP contribution is 2.27. The van der Waals surface area contributed by atoms with Crippen LogP contribution in [0.4, 0.5) is 0 Å². The summed E-state index contributed by atoms with van der Waals surface area (Å²) < 4.78 is 0. The zero-order valence-electron chi connectivity index (χ0n) is 8.69. The summed E-state index contributed by atoms with van der Waals surface area (Å²) in [5.74, 6) is 0.0552. The van der Waals surface area contributed by atoms with Gasteiger partial charge in [0.25, 0.3) is 5.91 Å². The van der Waals surface area contributed by atoms with E-state index in [1.54, 1.807) is 11.3 Å². The third kappa shape index (κ3) is 1.53.